The molecule has 0 aromatic heterocycles. The van der Waals surface area contributed by atoms with Gasteiger partial charge in [-0.1, -0.05) is 20.3 Å². The molecule has 3 atom stereocenters. The lowest BCUT2D eigenvalue weighted by atomic mass is 9.91. The summed E-state index contributed by atoms with van der Waals surface area (Å²) in [7, 11) is 0. The van der Waals surface area contributed by atoms with Crippen molar-refractivity contribution in [3.05, 3.63) is 23.5 Å². The molecule has 0 amide bonds. The van der Waals surface area contributed by atoms with E-state index in [1.165, 1.54) is 6.07 Å². The number of aliphatic hydroxyl groups excluding tert-OH is 2. The van der Waals surface area contributed by atoms with Gasteiger partial charge in [0.25, 0.3) is 0 Å². The first kappa shape index (κ1) is 19.7. The van der Waals surface area contributed by atoms with E-state index < -0.39 is 12.2 Å². The van der Waals surface area contributed by atoms with Gasteiger partial charge >= 0.3 is 0 Å². The van der Waals surface area contributed by atoms with Gasteiger partial charge in [-0.2, -0.15) is 0 Å². The molecule has 1 rings (SSSR count). The molecule has 0 heterocycles. The Kier molecular flexibility index (Phi) is 8.34. The third kappa shape index (κ3) is 5.66. The van der Waals surface area contributed by atoms with Crippen molar-refractivity contribution in [3.63, 3.8) is 0 Å². The summed E-state index contributed by atoms with van der Waals surface area (Å²) < 4.78 is 25.3. The highest BCUT2D eigenvalue weighted by atomic mass is 19.1. The predicted molar refractivity (Wildman–Crippen MR) is 88.7 cm³/mol. The van der Waals surface area contributed by atoms with E-state index >= 15 is 0 Å². The first-order valence-electron chi connectivity index (χ1n) is 8.39. The van der Waals surface area contributed by atoms with Gasteiger partial charge in [0.15, 0.2) is 11.5 Å². The van der Waals surface area contributed by atoms with Crippen molar-refractivity contribution in [3.8, 4) is 11.5 Å². The third-order valence-corrected chi connectivity index (χ3v) is 3.82. The van der Waals surface area contributed by atoms with Crippen LogP contribution in [0.5, 0.6) is 11.5 Å². The summed E-state index contributed by atoms with van der Waals surface area (Å²) in [5.41, 5.74) is 0.458. The fraction of sp³-hybridized carbons (Fsp3) is 0.667. The van der Waals surface area contributed by atoms with E-state index in [0.29, 0.717) is 36.7 Å². The van der Waals surface area contributed by atoms with Crippen LogP contribution < -0.4 is 9.47 Å². The van der Waals surface area contributed by atoms with Crippen LogP contribution in [-0.2, 0) is 0 Å². The van der Waals surface area contributed by atoms with Gasteiger partial charge < -0.3 is 19.7 Å². The van der Waals surface area contributed by atoms with Crippen LogP contribution in [0.3, 0.4) is 0 Å². The molecule has 0 aliphatic carbocycles. The molecule has 0 saturated carbocycles. The summed E-state index contributed by atoms with van der Waals surface area (Å²) in [5.74, 6) is 0.253. The van der Waals surface area contributed by atoms with Crippen LogP contribution in [-0.4, -0.2) is 35.6 Å². The van der Waals surface area contributed by atoms with Gasteiger partial charge in [-0.15, -0.1) is 0 Å². The first-order chi connectivity index (χ1) is 10.9. The minimum Gasteiger partial charge on any atom is -0.490 e. The van der Waals surface area contributed by atoms with E-state index in [-0.39, 0.29) is 18.2 Å². The number of benzene rings is 1. The Morgan fingerprint density at radius 2 is 1.57 bits per heavy atom. The maximum absolute atomic E-state index is 14.4. The fourth-order valence-corrected chi connectivity index (χ4v) is 2.60. The monoisotopic (exact) mass is 328 g/mol. The molecule has 23 heavy (non-hydrogen) atoms. The zero-order valence-corrected chi connectivity index (χ0v) is 14.5. The van der Waals surface area contributed by atoms with Crippen LogP contribution in [0.4, 0.5) is 4.39 Å². The topological polar surface area (TPSA) is 58.9 Å². The van der Waals surface area contributed by atoms with Crippen LogP contribution >= 0.6 is 0 Å². The second-order valence-electron chi connectivity index (χ2n) is 5.75. The number of rotatable bonds is 10. The molecule has 4 nitrogen and oxygen atoms in total. The van der Waals surface area contributed by atoms with Gasteiger partial charge in [-0.05, 0) is 44.2 Å². The van der Waals surface area contributed by atoms with Gasteiger partial charge in [0.1, 0.15) is 5.82 Å². The van der Waals surface area contributed by atoms with Crippen molar-refractivity contribution in [2.75, 3.05) is 13.2 Å². The molecule has 132 valence electrons. The van der Waals surface area contributed by atoms with E-state index in [4.69, 9.17) is 9.47 Å². The van der Waals surface area contributed by atoms with Crippen molar-refractivity contribution >= 4 is 0 Å². The smallest absolute Gasteiger partial charge is 0.164 e. The summed E-state index contributed by atoms with van der Waals surface area (Å²) in [4.78, 5) is 0. The molecular formula is C18H29FO4. The second kappa shape index (κ2) is 9.73. The standard InChI is InChI=1S/C18H29FO4/c1-5-8-15(20)16(21)9-12(4)13-10-17(22-6-2)18(23-7-3)11-14(13)19/h10-12,15-16,20-21H,5-9H2,1-4H3. The first-order valence-corrected chi connectivity index (χ1v) is 8.39. The minimum atomic E-state index is -0.869. The van der Waals surface area contributed by atoms with Gasteiger partial charge in [0, 0.05) is 6.07 Å². The lowest BCUT2D eigenvalue weighted by Crippen LogP contribution is -2.27. The zero-order valence-electron chi connectivity index (χ0n) is 14.5. The molecule has 0 saturated heterocycles. The molecule has 1 aromatic carbocycles. The number of ether oxygens (including phenoxy) is 2. The van der Waals surface area contributed by atoms with Crippen LogP contribution in [0.25, 0.3) is 0 Å². The van der Waals surface area contributed by atoms with Gasteiger partial charge in [-0.25, -0.2) is 4.39 Å². The van der Waals surface area contributed by atoms with Gasteiger partial charge in [0.2, 0.25) is 0 Å². The maximum atomic E-state index is 14.4. The largest absolute Gasteiger partial charge is 0.490 e. The lowest BCUT2D eigenvalue weighted by molar-refractivity contribution is 0.00621. The van der Waals surface area contributed by atoms with Crippen LogP contribution in [0, 0.1) is 5.82 Å². The Morgan fingerprint density at radius 3 is 2.09 bits per heavy atom. The Morgan fingerprint density at radius 1 is 1.00 bits per heavy atom. The predicted octanol–water partition coefficient (Wildman–Crippen LogP) is 3.64. The minimum absolute atomic E-state index is 0.244. The molecule has 0 fully saturated rings. The van der Waals surface area contributed by atoms with Gasteiger partial charge in [-0.3, -0.25) is 0 Å². The number of hydrogen-bond acceptors (Lipinski definition) is 4. The molecule has 5 heteroatoms. The molecular weight excluding hydrogens is 299 g/mol. The van der Waals surface area contributed by atoms with Crippen molar-refractivity contribution in [1.82, 2.24) is 0 Å². The SMILES string of the molecule is CCCC(O)C(O)CC(C)c1cc(OCC)c(OCC)cc1F. The summed E-state index contributed by atoms with van der Waals surface area (Å²) >= 11 is 0. The average molecular weight is 328 g/mol. The van der Waals surface area contributed by atoms with Crippen molar-refractivity contribution in [2.45, 2.75) is 65.1 Å². The molecule has 0 radical (unpaired) electrons. The summed E-state index contributed by atoms with van der Waals surface area (Å²) in [5, 5.41) is 19.9. The van der Waals surface area contributed by atoms with Gasteiger partial charge in [0.05, 0.1) is 25.4 Å². The summed E-state index contributed by atoms with van der Waals surface area (Å²) in [6, 6.07) is 2.96. The number of hydrogen-bond donors (Lipinski definition) is 2. The average Bonchev–Trinajstić information content (AvgIpc) is 2.50. The fourth-order valence-electron chi connectivity index (χ4n) is 2.60. The zero-order chi connectivity index (χ0) is 17.4. The Hall–Kier alpha value is -1.33. The Balaban J connectivity index is 2.95. The molecule has 1 aromatic rings. The lowest BCUT2D eigenvalue weighted by Gasteiger charge is -2.22. The summed E-state index contributed by atoms with van der Waals surface area (Å²) in [6.07, 6.45) is -0.0361. The highest BCUT2D eigenvalue weighted by Gasteiger charge is 2.22. The third-order valence-electron chi connectivity index (χ3n) is 3.82. The molecule has 0 aliphatic heterocycles. The molecule has 3 unspecified atom stereocenters. The number of halogens is 1. The quantitative estimate of drug-likeness (QED) is 0.688. The van der Waals surface area contributed by atoms with E-state index in [9.17, 15) is 14.6 Å². The normalized spacial score (nSPS) is 15.1. The summed E-state index contributed by atoms with van der Waals surface area (Å²) in [6.45, 7) is 8.34. The highest BCUT2D eigenvalue weighted by molar-refractivity contribution is 5.45. The second-order valence-corrected chi connectivity index (χ2v) is 5.75. The van der Waals surface area contributed by atoms with Crippen LogP contribution in [0.15, 0.2) is 12.1 Å². The Bertz CT molecular complexity index is 478. The number of aliphatic hydroxyl groups is 2. The van der Waals surface area contributed by atoms with Crippen molar-refractivity contribution in [2.24, 2.45) is 0 Å². The molecule has 2 N–H and O–H groups in total. The highest BCUT2D eigenvalue weighted by Crippen LogP contribution is 2.35. The van der Waals surface area contributed by atoms with E-state index in [1.807, 2.05) is 27.7 Å². The molecule has 0 aliphatic rings. The van der Waals surface area contributed by atoms with E-state index in [2.05, 4.69) is 0 Å². The molecule has 0 bridgehead atoms. The van der Waals surface area contributed by atoms with Crippen LogP contribution in [0.1, 0.15) is 58.4 Å². The molecule has 0 spiro atoms. The van der Waals surface area contributed by atoms with Crippen molar-refractivity contribution in [1.29, 1.82) is 0 Å². The maximum Gasteiger partial charge on any atom is 0.164 e. The van der Waals surface area contributed by atoms with Crippen molar-refractivity contribution < 1.29 is 24.1 Å². The van der Waals surface area contributed by atoms with E-state index in [0.717, 1.165) is 6.42 Å². The van der Waals surface area contributed by atoms with E-state index in [1.54, 1.807) is 6.07 Å². The van der Waals surface area contributed by atoms with Crippen LogP contribution in [0.2, 0.25) is 0 Å². The Labute approximate surface area is 138 Å².